The Labute approximate surface area is 165 Å². The number of thiophene rings is 1. The largest absolute Gasteiger partial charge is 0.247 e. The molecule has 5 rings (SSSR count). The van der Waals surface area contributed by atoms with Gasteiger partial charge in [0.05, 0.1) is 11.2 Å². The van der Waals surface area contributed by atoms with Crippen LogP contribution >= 0.6 is 43.2 Å². The first-order chi connectivity index (χ1) is 12.2. The van der Waals surface area contributed by atoms with Crippen LogP contribution in [-0.2, 0) is 0 Å². The molecule has 3 aromatic carbocycles. The minimum absolute atomic E-state index is 1.03. The van der Waals surface area contributed by atoms with E-state index in [1.807, 2.05) is 17.4 Å². The molecule has 0 unspecified atom stereocenters. The first kappa shape index (κ1) is 15.5. The van der Waals surface area contributed by atoms with Crippen LogP contribution < -0.4 is 0 Å². The van der Waals surface area contributed by atoms with Crippen molar-refractivity contribution in [1.29, 1.82) is 0 Å². The third-order valence-corrected chi connectivity index (χ3v) is 6.47. The van der Waals surface area contributed by atoms with Crippen molar-refractivity contribution in [2.75, 3.05) is 0 Å². The lowest BCUT2D eigenvalue weighted by Crippen LogP contribution is -1.88. The molecule has 0 aliphatic heterocycles. The highest BCUT2D eigenvalue weighted by molar-refractivity contribution is 9.11. The van der Waals surface area contributed by atoms with E-state index >= 15 is 0 Å². The second kappa shape index (κ2) is 5.90. The Morgan fingerprint density at radius 3 is 2.24 bits per heavy atom. The highest BCUT2D eigenvalue weighted by atomic mass is 79.9. The van der Waals surface area contributed by atoms with Gasteiger partial charge in [-0.2, -0.15) is 0 Å². The Balaban J connectivity index is 2.03. The van der Waals surface area contributed by atoms with E-state index < -0.39 is 0 Å². The van der Waals surface area contributed by atoms with E-state index in [0.29, 0.717) is 0 Å². The minimum atomic E-state index is 1.03. The molecule has 0 fully saturated rings. The number of aromatic nitrogens is 1. The number of benzene rings is 3. The Hall–Kier alpha value is -1.75. The summed E-state index contributed by atoms with van der Waals surface area (Å²) in [5.41, 5.74) is 3.18. The first-order valence-corrected chi connectivity index (χ1v) is 10.3. The van der Waals surface area contributed by atoms with Crippen molar-refractivity contribution in [2.45, 2.75) is 0 Å². The van der Waals surface area contributed by atoms with Crippen molar-refractivity contribution in [3.8, 4) is 11.3 Å². The SMILES string of the molecule is Brc1cc(Br)cc(-c2nc3ccccc3c3sc4ccccc4c23)c1. The van der Waals surface area contributed by atoms with E-state index in [-0.39, 0.29) is 0 Å². The van der Waals surface area contributed by atoms with Gasteiger partial charge in [0.15, 0.2) is 0 Å². The molecular formula is C21H11Br2NS. The summed E-state index contributed by atoms with van der Waals surface area (Å²) in [5.74, 6) is 0. The van der Waals surface area contributed by atoms with Crippen LogP contribution in [0.15, 0.2) is 75.7 Å². The van der Waals surface area contributed by atoms with Gasteiger partial charge in [-0.25, -0.2) is 4.98 Å². The zero-order valence-corrected chi connectivity index (χ0v) is 17.0. The van der Waals surface area contributed by atoms with E-state index in [9.17, 15) is 0 Å². The lowest BCUT2D eigenvalue weighted by Gasteiger charge is -2.08. The maximum atomic E-state index is 5.04. The number of hydrogen-bond donors (Lipinski definition) is 0. The monoisotopic (exact) mass is 467 g/mol. The summed E-state index contributed by atoms with van der Waals surface area (Å²) in [4.78, 5) is 5.04. The van der Waals surface area contributed by atoms with Gasteiger partial charge in [-0.3, -0.25) is 0 Å². The first-order valence-electron chi connectivity index (χ1n) is 7.87. The van der Waals surface area contributed by atoms with Crippen LogP contribution in [0.5, 0.6) is 0 Å². The van der Waals surface area contributed by atoms with Crippen LogP contribution in [0.3, 0.4) is 0 Å². The smallest absolute Gasteiger partial charge is 0.0803 e. The summed E-state index contributed by atoms with van der Waals surface area (Å²) in [6.45, 7) is 0. The maximum absolute atomic E-state index is 5.04. The molecule has 0 N–H and O–H groups in total. The van der Waals surface area contributed by atoms with E-state index in [4.69, 9.17) is 4.98 Å². The van der Waals surface area contributed by atoms with Crippen molar-refractivity contribution < 1.29 is 0 Å². The highest BCUT2D eigenvalue weighted by Gasteiger charge is 2.16. The molecule has 0 aliphatic rings. The number of halogens is 2. The molecule has 0 aliphatic carbocycles. The standard InChI is InChI=1S/C21H11Br2NS/c22-13-9-12(10-14(23)11-13)20-19-16-6-2-4-8-18(16)25-21(19)15-5-1-3-7-17(15)24-20/h1-11H. The Morgan fingerprint density at radius 2 is 1.44 bits per heavy atom. The fraction of sp³-hybridized carbons (Fsp3) is 0. The van der Waals surface area contributed by atoms with Gasteiger partial charge in [0, 0.05) is 40.1 Å². The van der Waals surface area contributed by atoms with E-state index in [0.717, 1.165) is 25.7 Å². The fourth-order valence-corrected chi connectivity index (χ4v) is 5.84. The Bertz CT molecular complexity index is 1250. The molecule has 2 heterocycles. The number of nitrogens with zero attached hydrogens (tertiary/aromatic N) is 1. The van der Waals surface area contributed by atoms with Crippen molar-refractivity contribution in [2.24, 2.45) is 0 Å². The molecule has 1 nitrogen and oxygen atoms in total. The predicted molar refractivity (Wildman–Crippen MR) is 115 cm³/mol. The summed E-state index contributed by atoms with van der Waals surface area (Å²) in [6.07, 6.45) is 0. The molecule has 25 heavy (non-hydrogen) atoms. The third-order valence-electron chi connectivity index (χ3n) is 4.35. The van der Waals surface area contributed by atoms with Crippen LogP contribution in [-0.4, -0.2) is 4.98 Å². The van der Waals surface area contributed by atoms with Gasteiger partial charge in [0.25, 0.3) is 0 Å². The second-order valence-electron chi connectivity index (χ2n) is 5.94. The number of hydrogen-bond acceptors (Lipinski definition) is 2. The molecule has 0 radical (unpaired) electrons. The average molecular weight is 469 g/mol. The molecule has 0 saturated heterocycles. The summed E-state index contributed by atoms with van der Waals surface area (Å²) in [5, 5.41) is 3.73. The van der Waals surface area contributed by atoms with Crippen molar-refractivity contribution >= 4 is 74.3 Å². The second-order valence-corrected chi connectivity index (χ2v) is 8.82. The van der Waals surface area contributed by atoms with Crippen LogP contribution in [0.2, 0.25) is 0 Å². The van der Waals surface area contributed by atoms with Crippen molar-refractivity contribution in [3.05, 3.63) is 75.7 Å². The summed E-state index contributed by atoms with van der Waals surface area (Å²) in [6, 6.07) is 23.3. The van der Waals surface area contributed by atoms with Gasteiger partial charge >= 0.3 is 0 Å². The average Bonchev–Trinajstić information content (AvgIpc) is 3.00. The molecule has 0 spiro atoms. The van der Waals surface area contributed by atoms with Gasteiger partial charge in [-0.15, -0.1) is 11.3 Å². The minimum Gasteiger partial charge on any atom is -0.247 e. The quantitative estimate of drug-likeness (QED) is 0.244. The molecule has 0 bridgehead atoms. The number of pyridine rings is 1. The lowest BCUT2D eigenvalue weighted by atomic mass is 10.0. The normalized spacial score (nSPS) is 11.6. The predicted octanol–water partition coefficient (Wildman–Crippen LogP) is 7.79. The van der Waals surface area contributed by atoms with Gasteiger partial charge in [0.2, 0.25) is 0 Å². The van der Waals surface area contributed by atoms with Gasteiger partial charge < -0.3 is 0 Å². The van der Waals surface area contributed by atoms with Crippen LogP contribution in [0.1, 0.15) is 0 Å². The zero-order chi connectivity index (χ0) is 17.0. The van der Waals surface area contributed by atoms with E-state index in [1.54, 1.807) is 0 Å². The molecule has 4 heteroatoms. The van der Waals surface area contributed by atoms with Crippen molar-refractivity contribution in [1.82, 2.24) is 4.98 Å². The zero-order valence-electron chi connectivity index (χ0n) is 13.0. The third kappa shape index (κ3) is 2.51. The maximum Gasteiger partial charge on any atom is 0.0803 e. The molecule has 0 atom stereocenters. The Morgan fingerprint density at radius 1 is 0.760 bits per heavy atom. The molecule has 2 aromatic heterocycles. The summed E-state index contributed by atoms with van der Waals surface area (Å²) in [7, 11) is 0. The summed E-state index contributed by atoms with van der Waals surface area (Å²) < 4.78 is 4.68. The number of para-hydroxylation sites is 1. The highest BCUT2D eigenvalue weighted by Crippen LogP contribution is 2.43. The number of rotatable bonds is 1. The molecule has 120 valence electrons. The van der Waals surface area contributed by atoms with E-state index in [1.165, 1.54) is 25.6 Å². The van der Waals surface area contributed by atoms with E-state index in [2.05, 4.69) is 92.5 Å². The topological polar surface area (TPSA) is 12.9 Å². The fourth-order valence-electron chi connectivity index (χ4n) is 3.31. The molecule has 5 aromatic rings. The van der Waals surface area contributed by atoms with Crippen LogP contribution in [0.25, 0.3) is 42.3 Å². The van der Waals surface area contributed by atoms with Crippen LogP contribution in [0.4, 0.5) is 0 Å². The van der Waals surface area contributed by atoms with Gasteiger partial charge in [-0.05, 0) is 30.3 Å². The summed E-state index contributed by atoms with van der Waals surface area (Å²) >= 11 is 9.06. The lowest BCUT2D eigenvalue weighted by molar-refractivity contribution is 1.42. The molecule has 0 amide bonds. The molecule has 0 saturated carbocycles. The van der Waals surface area contributed by atoms with Gasteiger partial charge in [-0.1, -0.05) is 68.3 Å². The van der Waals surface area contributed by atoms with Crippen LogP contribution in [0, 0.1) is 0 Å². The van der Waals surface area contributed by atoms with Crippen molar-refractivity contribution in [3.63, 3.8) is 0 Å². The Kier molecular flexibility index (Phi) is 3.66. The molecular weight excluding hydrogens is 458 g/mol. The number of fused-ring (bicyclic) bond motifs is 5. The van der Waals surface area contributed by atoms with Gasteiger partial charge in [0.1, 0.15) is 0 Å².